The average molecular weight is 387 g/mol. The van der Waals surface area contributed by atoms with Gasteiger partial charge in [-0.25, -0.2) is 4.98 Å². The van der Waals surface area contributed by atoms with E-state index in [1.807, 2.05) is 32.0 Å². The lowest BCUT2D eigenvalue weighted by molar-refractivity contribution is -0.274. The summed E-state index contributed by atoms with van der Waals surface area (Å²) in [5, 5.41) is 12.8. The van der Waals surface area contributed by atoms with Crippen LogP contribution in [0.5, 0.6) is 5.75 Å². The zero-order valence-electron chi connectivity index (χ0n) is 15.0. The van der Waals surface area contributed by atoms with Crippen LogP contribution in [-0.4, -0.2) is 27.2 Å². The molecular weight excluding hydrogens is 371 g/mol. The van der Waals surface area contributed by atoms with Gasteiger partial charge in [-0.05, 0) is 73.5 Å². The largest absolute Gasteiger partial charge is 0.573 e. The summed E-state index contributed by atoms with van der Waals surface area (Å²) in [6.45, 7) is 3.80. The number of rotatable bonds is 4. The van der Waals surface area contributed by atoms with E-state index in [9.17, 15) is 18.4 Å². The molecule has 1 aromatic carbocycles. The molecule has 0 aliphatic heterocycles. The molecule has 0 bridgehead atoms. The fourth-order valence-electron chi connectivity index (χ4n) is 2.67. The van der Waals surface area contributed by atoms with E-state index >= 15 is 0 Å². The highest BCUT2D eigenvalue weighted by atomic mass is 19.4. The molecule has 0 spiro atoms. The number of ether oxygens (including phenoxy) is 1. The zero-order chi connectivity index (χ0) is 20.3. The Kier molecular flexibility index (Phi) is 5.30. The van der Waals surface area contributed by atoms with Crippen LogP contribution < -0.4 is 4.74 Å². The topological polar surface area (TPSA) is 67.6 Å². The second-order valence-corrected chi connectivity index (χ2v) is 6.15. The van der Waals surface area contributed by atoms with Gasteiger partial charge in [0.1, 0.15) is 11.5 Å². The molecule has 3 aromatic rings. The summed E-state index contributed by atoms with van der Waals surface area (Å²) in [5.74, 6) is -0.365. The lowest BCUT2D eigenvalue weighted by Crippen LogP contribution is -2.17. The summed E-state index contributed by atoms with van der Waals surface area (Å²) in [6.07, 6.45) is -3.10. The first-order chi connectivity index (χ1) is 13.2. The summed E-state index contributed by atoms with van der Waals surface area (Å²) in [4.78, 5) is 8.82. The number of hydrogen-bond donors (Lipinski definition) is 1. The van der Waals surface area contributed by atoms with Crippen LogP contribution in [0.25, 0.3) is 11.4 Å². The zero-order valence-corrected chi connectivity index (χ0v) is 15.0. The predicted molar refractivity (Wildman–Crippen MR) is 97.5 cm³/mol. The first-order valence-electron chi connectivity index (χ1n) is 8.25. The van der Waals surface area contributed by atoms with E-state index in [2.05, 4.69) is 19.9 Å². The summed E-state index contributed by atoms with van der Waals surface area (Å²) in [5.41, 5.74) is 4.01. The van der Waals surface area contributed by atoms with Gasteiger partial charge in [-0.3, -0.25) is 4.98 Å². The smallest absolute Gasteiger partial charge is 0.410 e. The highest BCUT2D eigenvalue weighted by Crippen LogP contribution is 2.24. The first kappa shape index (κ1) is 19.3. The molecule has 0 saturated carbocycles. The van der Waals surface area contributed by atoms with Crippen LogP contribution in [-0.2, 0) is 0 Å². The summed E-state index contributed by atoms with van der Waals surface area (Å²) in [7, 11) is 0. The molecule has 2 aromatic heterocycles. The Morgan fingerprint density at radius 1 is 0.964 bits per heavy atom. The molecule has 0 unspecified atom stereocenters. The van der Waals surface area contributed by atoms with Crippen LogP contribution in [0.4, 0.5) is 13.2 Å². The van der Waals surface area contributed by atoms with Crippen molar-refractivity contribution in [3.63, 3.8) is 0 Å². The van der Waals surface area contributed by atoms with Crippen molar-refractivity contribution in [2.24, 2.45) is 5.16 Å². The van der Waals surface area contributed by atoms with Crippen molar-refractivity contribution in [1.29, 1.82) is 0 Å². The van der Waals surface area contributed by atoms with Crippen molar-refractivity contribution in [2.75, 3.05) is 0 Å². The molecule has 8 heteroatoms. The molecule has 0 aliphatic carbocycles. The number of aromatic nitrogens is 2. The van der Waals surface area contributed by atoms with Gasteiger partial charge in [0, 0.05) is 11.8 Å². The van der Waals surface area contributed by atoms with Gasteiger partial charge in [-0.15, -0.1) is 13.2 Å². The van der Waals surface area contributed by atoms with E-state index in [1.54, 1.807) is 12.3 Å². The lowest BCUT2D eigenvalue weighted by atomic mass is 10.0. The molecule has 1 N–H and O–H groups in total. The molecule has 144 valence electrons. The first-order valence-corrected chi connectivity index (χ1v) is 8.25. The van der Waals surface area contributed by atoms with Gasteiger partial charge in [0.25, 0.3) is 0 Å². The Bertz CT molecular complexity index is 1020. The molecular formula is C20H16F3N3O2. The van der Waals surface area contributed by atoms with Crippen LogP contribution in [0, 0.1) is 13.8 Å². The molecule has 0 saturated heterocycles. The molecule has 5 nitrogen and oxygen atoms in total. The van der Waals surface area contributed by atoms with Gasteiger partial charge in [-0.1, -0.05) is 5.16 Å². The van der Waals surface area contributed by atoms with E-state index in [1.165, 1.54) is 12.1 Å². The Hall–Kier alpha value is -3.42. The van der Waals surface area contributed by atoms with Crippen LogP contribution in [0.2, 0.25) is 0 Å². The van der Waals surface area contributed by atoms with Crippen LogP contribution >= 0.6 is 0 Å². The Morgan fingerprint density at radius 3 is 2.25 bits per heavy atom. The fraction of sp³-hybridized carbons (Fsp3) is 0.150. The number of alkyl halides is 3. The number of oxime groups is 1. The van der Waals surface area contributed by atoms with E-state index in [0.717, 1.165) is 23.3 Å². The van der Waals surface area contributed by atoms with Crippen molar-refractivity contribution in [3.8, 4) is 17.1 Å². The number of nitrogens with zero attached hydrogens (tertiary/aromatic N) is 3. The molecule has 2 heterocycles. The molecule has 0 fully saturated rings. The number of pyridine rings is 2. The van der Waals surface area contributed by atoms with Crippen molar-refractivity contribution in [2.45, 2.75) is 20.2 Å². The fourth-order valence-corrected chi connectivity index (χ4v) is 2.67. The van der Waals surface area contributed by atoms with Gasteiger partial charge < -0.3 is 9.94 Å². The third-order valence-corrected chi connectivity index (χ3v) is 3.85. The molecule has 0 aliphatic rings. The Morgan fingerprint density at radius 2 is 1.64 bits per heavy atom. The highest BCUT2D eigenvalue weighted by molar-refractivity contribution is 6.11. The van der Waals surface area contributed by atoms with Gasteiger partial charge in [0.05, 0.1) is 17.1 Å². The number of halogens is 3. The van der Waals surface area contributed by atoms with Crippen molar-refractivity contribution in [3.05, 3.63) is 77.1 Å². The number of benzene rings is 1. The van der Waals surface area contributed by atoms with E-state index in [4.69, 9.17) is 0 Å². The van der Waals surface area contributed by atoms with Crippen molar-refractivity contribution >= 4 is 5.71 Å². The minimum atomic E-state index is -4.77. The Balaban J connectivity index is 1.97. The monoisotopic (exact) mass is 387 g/mol. The van der Waals surface area contributed by atoms with E-state index < -0.39 is 6.36 Å². The van der Waals surface area contributed by atoms with Gasteiger partial charge in [0.15, 0.2) is 0 Å². The highest BCUT2D eigenvalue weighted by Gasteiger charge is 2.31. The minimum absolute atomic E-state index is 0.121. The molecule has 28 heavy (non-hydrogen) atoms. The molecule has 0 amide bonds. The average Bonchev–Trinajstić information content (AvgIpc) is 2.62. The number of aryl methyl sites for hydroxylation is 2. The third-order valence-electron chi connectivity index (χ3n) is 3.85. The van der Waals surface area contributed by atoms with E-state index in [0.29, 0.717) is 22.6 Å². The minimum Gasteiger partial charge on any atom is -0.410 e. The second kappa shape index (κ2) is 7.67. The SMILES string of the molecule is Cc1ccnc(-c2cc(C)cc(C(=NO)c3ccc(OC(F)(F)F)cc3)n2)c1. The predicted octanol–water partition coefficient (Wildman–Crippen LogP) is 4.89. The summed E-state index contributed by atoms with van der Waals surface area (Å²) < 4.78 is 40.8. The third kappa shape index (κ3) is 4.64. The summed E-state index contributed by atoms with van der Waals surface area (Å²) >= 11 is 0. The maximum absolute atomic E-state index is 12.3. The molecule has 3 rings (SSSR count). The maximum Gasteiger partial charge on any atom is 0.573 e. The molecule has 0 atom stereocenters. The summed E-state index contributed by atoms with van der Waals surface area (Å²) in [6, 6.07) is 12.3. The quantitative estimate of drug-likeness (QED) is 0.393. The maximum atomic E-state index is 12.3. The standard InChI is InChI=1S/C20H16F3N3O2/c1-12-7-8-24-16(9-12)17-10-13(2)11-18(25-17)19(26-27)14-3-5-15(6-4-14)28-20(21,22)23/h3-11,27H,1-2H3. The Labute approximate surface area is 159 Å². The van der Waals surface area contributed by atoms with E-state index in [-0.39, 0.29) is 11.5 Å². The lowest BCUT2D eigenvalue weighted by Gasteiger charge is -2.11. The van der Waals surface area contributed by atoms with Crippen LogP contribution in [0.3, 0.4) is 0 Å². The van der Waals surface area contributed by atoms with Gasteiger partial charge in [0.2, 0.25) is 0 Å². The van der Waals surface area contributed by atoms with Crippen molar-refractivity contribution < 1.29 is 23.1 Å². The number of hydrogen-bond acceptors (Lipinski definition) is 5. The second-order valence-electron chi connectivity index (χ2n) is 6.15. The van der Waals surface area contributed by atoms with Crippen molar-refractivity contribution in [1.82, 2.24) is 9.97 Å². The van der Waals surface area contributed by atoms with Gasteiger partial charge >= 0.3 is 6.36 Å². The normalized spacial score (nSPS) is 12.1. The van der Waals surface area contributed by atoms with Crippen LogP contribution in [0.15, 0.2) is 59.9 Å². The molecule has 0 radical (unpaired) electrons. The van der Waals surface area contributed by atoms with Gasteiger partial charge in [-0.2, -0.15) is 0 Å². The van der Waals surface area contributed by atoms with Crippen LogP contribution in [0.1, 0.15) is 22.4 Å².